The first-order chi connectivity index (χ1) is 35.1. The van der Waals surface area contributed by atoms with Crippen LogP contribution in [0.25, 0.3) is 0 Å². The summed E-state index contributed by atoms with van der Waals surface area (Å²) < 4.78 is 22.7. The Balaban J connectivity index is 1.71. The van der Waals surface area contributed by atoms with E-state index in [-0.39, 0.29) is 18.9 Å². The molecule has 0 aromatic carbocycles. The molecule has 0 aromatic heterocycles. The molecule has 0 aromatic rings. The number of aliphatic hydroxyl groups is 8. The number of allylic oxidation sites excluding steroid dienone is 15. The Morgan fingerprint density at radius 2 is 0.958 bits per heavy atom. The zero-order valence-corrected chi connectivity index (χ0v) is 43.9. The molecule has 2 heterocycles. The van der Waals surface area contributed by atoms with E-state index in [1.807, 2.05) is 6.08 Å². The second-order valence-corrected chi connectivity index (χ2v) is 19.0. The van der Waals surface area contributed by atoms with Gasteiger partial charge in [0.25, 0.3) is 0 Å². The van der Waals surface area contributed by atoms with Crippen molar-refractivity contribution in [1.29, 1.82) is 0 Å². The van der Waals surface area contributed by atoms with Crippen molar-refractivity contribution in [3.8, 4) is 0 Å². The molecule has 0 aliphatic carbocycles. The highest BCUT2D eigenvalue weighted by molar-refractivity contribution is 5.76. The summed E-state index contributed by atoms with van der Waals surface area (Å²) in [4.78, 5) is 13.2. The molecule has 2 aliphatic heterocycles. The highest BCUT2D eigenvalue weighted by Gasteiger charge is 2.51. The van der Waals surface area contributed by atoms with Gasteiger partial charge >= 0.3 is 0 Å². The summed E-state index contributed by atoms with van der Waals surface area (Å²) in [5, 5.41) is 86.7. The van der Waals surface area contributed by atoms with Crippen molar-refractivity contribution in [3.63, 3.8) is 0 Å². The number of carbonyl (C=O) groups excluding carboxylic acids is 1. The summed E-state index contributed by atoms with van der Waals surface area (Å²) in [6.07, 6.45) is 41.8. The highest BCUT2D eigenvalue weighted by atomic mass is 16.7. The lowest BCUT2D eigenvalue weighted by Gasteiger charge is -2.46. The van der Waals surface area contributed by atoms with Crippen molar-refractivity contribution in [2.24, 2.45) is 0 Å². The van der Waals surface area contributed by atoms with Crippen molar-refractivity contribution < 1.29 is 64.6 Å². The largest absolute Gasteiger partial charge is 0.394 e. The van der Waals surface area contributed by atoms with Crippen molar-refractivity contribution in [3.05, 3.63) is 97.2 Å². The molecule has 14 heteroatoms. The van der Waals surface area contributed by atoms with E-state index < -0.39 is 86.8 Å². The molecule has 72 heavy (non-hydrogen) atoms. The molecule has 412 valence electrons. The maximum Gasteiger partial charge on any atom is 0.220 e. The molecule has 2 fully saturated rings. The third-order valence-electron chi connectivity index (χ3n) is 12.8. The third kappa shape index (κ3) is 29.1. The Morgan fingerprint density at radius 1 is 0.514 bits per heavy atom. The molecule has 0 saturated carbocycles. The van der Waals surface area contributed by atoms with Crippen LogP contribution in [0.2, 0.25) is 0 Å². The first-order valence-electron chi connectivity index (χ1n) is 27.5. The van der Waals surface area contributed by atoms with E-state index >= 15 is 0 Å². The average molecular weight is 1020 g/mol. The SMILES string of the molecule is CC/C=C\C/C=C\C/C=C\C/C=C\C/C=C\C/C=C\C/C=C\CCCCCCCCCC(=O)NC(COC1OC(CO)C(OC2OC(CO)C(O)C(O)C2O)C(O)C1O)C(O)/C=C/CCCCCCCCC. The predicted octanol–water partition coefficient (Wildman–Crippen LogP) is 8.32. The van der Waals surface area contributed by atoms with Crippen LogP contribution >= 0.6 is 0 Å². The summed E-state index contributed by atoms with van der Waals surface area (Å²) in [6, 6.07) is -0.925. The fraction of sp³-hybridized carbons (Fsp3) is 0.707. The van der Waals surface area contributed by atoms with E-state index in [2.05, 4.69) is 104 Å². The van der Waals surface area contributed by atoms with Crippen LogP contribution in [0.5, 0.6) is 0 Å². The maximum atomic E-state index is 13.2. The van der Waals surface area contributed by atoms with Gasteiger partial charge in [0.15, 0.2) is 12.6 Å². The minimum absolute atomic E-state index is 0.259. The van der Waals surface area contributed by atoms with Crippen molar-refractivity contribution in [2.45, 2.75) is 242 Å². The van der Waals surface area contributed by atoms with E-state index in [0.29, 0.717) is 6.42 Å². The first-order valence-corrected chi connectivity index (χ1v) is 27.5. The topological polar surface area (TPSA) is 228 Å². The molecule has 2 rings (SSSR count). The highest BCUT2D eigenvalue weighted by Crippen LogP contribution is 2.30. The van der Waals surface area contributed by atoms with Crippen LogP contribution in [-0.4, -0.2) is 140 Å². The lowest BCUT2D eigenvalue weighted by atomic mass is 9.97. The quantitative estimate of drug-likeness (QED) is 0.0208. The summed E-state index contributed by atoms with van der Waals surface area (Å²) in [5.74, 6) is -0.259. The Hall–Kier alpha value is -3.09. The van der Waals surface area contributed by atoms with Crippen molar-refractivity contribution in [1.82, 2.24) is 5.32 Å². The van der Waals surface area contributed by atoms with Gasteiger partial charge in [0.1, 0.15) is 48.8 Å². The molecule has 2 aliphatic rings. The van der Waals surface area contributed by atoms with Gasteiger partial charge in [0, 0.05) is 6.42 Å². The molecule has 1 amide bonds. The third-order valence-corrected chi connectivity index (χ3v) is 12.8. The Labute approximate surface area is 433 Å². The van der Waals surface area contributed by atoms with Crippen LogP contribution in [0.15, 0.2) is 97.2 Å². The van der Waals surface area contributed by atoms with Crippen LogP contribution in [0.3, 0.4) is 0 Å². The standard InChI is InChI=1S/C58H97NO13/c1-3-5-7-9-11-13-14-15-16-17-18-19-20-21-22-23-24-25-26-27-28-29-30-31-32-34-36-38-40-42-50(63)59-46(47(62)41-39-37-35-33-12-10-8-6-4-2)45-69-57-55(68)53(66)56(49(44-61)71-57)72-58-54(67)52(65)51(64)48(43-60)70-58/h5,7,11,13,15-16,18-19,21-22,24-25,27-28,39,41,46-49,51-58,60-62,64-68H,3-4,6,8-10,12,14,17,20,23,26,29-38,40,42-45H2,1-2H3,(H,59,63)/b7-5-,13-11-,16-15-,19-18-,22-21-,25-24-,28-27-,41-39+. The summed E-state index contributed by atoms with van der Waals surface area (Å²) in [5.41, 5.74) is 0. The normalized spacial score (nSPS) is 26.4. The van der Waals surface area contributed by atoms with Gasteiger partial charge in [0.05, 0.1) is 32.0 Å². The van der Waals surface area contributed by atoms with Gasteiger partial charge in [0.2, 0.25) is 5.91 Å². The van der Waals surface area contributed by atoms with Gasteiger partial charge in [-0.3, -0.25) is 4.79 Å². The van der Waals surface area contributed by atoms with Crippen LogP contribution in [0, 0.1) is 0 Å². The Morgan fingerprint density at radius 3 is 1.47 bits per heavy atom. The molecule has 2 saturated heterocycles. The zero-order chi connectivity index (χ0) is 52.4. The zero-order valence-electron chi connectivity index (χ0n) is 43.9. The van der Waals surface area contributed by atoms with Gasteiger partial charge in [-0.1, -0.05) is 182 Å². The number of nitrogens with one attached hydrogen (secondary N) is 1. The monoisotopic (exact) mass is 1020 g/mol. The minimum atomic E-state index is -1.79. The minimum Gasteiger partial charge on any atom is -0.394 e. The molecule has 12 atom stereocenters. The van der Waals surface area contributed by atoms with Gasteiger partial charge in [-0.05, 0) is 77.0 Å². The van der Waals surface area contributed by atoms with Gasteiger partial charge in [-0.2, -0.15) is 0 Å². The molecule has 0 radical (unpaired) electrons. The number of hydrogen-bond acceptors (Lipinski definition) is 13. The molecular formula is C58H97NO13. The summed E-state index contributed by atoms with van der Waals surface area (Å²) in [7, 11) is 0. The van der Waals surface area contributed by atoms with Crippen LogP contribution < -0.4 is 5.32 Å². The number of amides is 1. The fourth-order valence-corrected chi connectivity index (χ4v) is 8.33. The van der Waals surface area contributed by atoms with Crippen LogP contribution in [-0.2, 0) is 23.7 Å². The van der Waals surface area contributed by atoms with Crippen molar-refractivity contribution in [2.75, 3.05) is 19.8 Å². The van der Waals surface area contributed by atoms with Crippen LogP contribution in [0.1, 0.15) is 168 Å². The first kappa shape index (κ1) is 65.0. The van der Waals surface area contributed by atoms with Gasteiger partial charge < -0.3 is 65.1 Å². The van der Waals surface area contributed by atoms with E-state index in [9.17, 15) is 45.6 Å². The number of rotatable bonds is 41. The molecule has 12 unspecified atom stereocenters. The molecule has 9 N–H and O–H groups in total. The second-order valence-electron chi connectivity index (χ2n) is 19.0. The Bertz CT molecular complexity index is 1570. The number of aliphatic hydroxyl groups excluding tert-OH is 8. The lowest BCUT2D eigenvalue weighted by molar-refractivity contribution is -0.359. The number of carbonyl (C=O) groups is 1. The second kappa shape index (κ2) is 43.2. The molecule has 0 bridgehead atoms. The lowest BCUT2D eigenvalue weighted by Crippen LogP contribution is -2.65. The predicted molar refractivity (Wildman–Crippen MR) is 286 cm³/mol. The molecule has 14 nitrogen and oxygen atoms in total. The maximum absolute atomic E-state index is 13.2. The smallest absolute Gasteiger partial charge is 0.220 e. The number of unbranched alkanes of at least 4 members (excludes halogenated alkanes) is 14. The number of ether oxygens (including phenoxy) is 4. The number of hydrogen-bond donors (Lipinski definition) is 9. The van der Waals surface area contributed by atoms with Gasteiger partial charge in [-0.25, -0.2) is 0 Å². The van der Waals surface area contributed by atoms with E-state index in [0.717, 1.165) is 116 Å². The van der Waals surface area contributed by atoms with E-state index in [1.165, 1.54) is 25.7 Å². The van der Waals surface area contributed by atoms with Crippen LogP contribution in [0.4, 0.5) is 0 Å². The van der Waals surface area contributed by atoms with E-state index in [1.54, 1.807) is 6.08 Å². The van der Waals surface area contributed by atoms with Gasteiger partial charge in [-0.15, -0.1) is 0 Å². The molecular weight excluding hydrogens is 919 g/mol. The molecule has 0 spiro atoms. The summed E-state index contributed by atoms with van der Waals surface area (Å²) >= 11 is 0. The average Bonchev–Trinajstić information content (AvgIpc) is 3.38. The Kier molecular flexibility index (Phi) is 39.0. The van der Waals surface area contributed by atoms with E-state index in [4.69, 9.17) is 18.9 Å². The summed E-state index contributed by atoms with van der Waals surface area (Å²) in [6.45, 7) is 2.60. The van der Waals surface area contributed by atoms with Crippen molar-refractivity contribution >= 4 is 5.91 Å². The fourth-order valence-electron chi connectivity index (χ4n) is 8.33.